The van der Waals surface area contributed by atoms with Crippen LogP contribution < -0.4 is 16.8 Å². The Labute approximate surface area is 112 Å². The molecule has 4 nitrogen and oxygen atoms in total. The highest BCUT2D eigenvalue weighted by atomic mass is 19.2. The van der Waals surface area contributed by atoms with E-state index in [4.69, 9.17) is 11.5 Å². The lowest BCUT2D eigenvalue weighted by Gasteiger charge is -2.12. The molecule has 0 saturated heterocycles. The van der Waals surface area contributed by atoms with Gasteiger partial charge in [0, 0.05) is 17.8 Å². The molecule has 2 aromatic rings. The van der Waals surface area contributed by atoms with Gasteiger partial charge in [0.2, 0.25) is 0 Å². The van der Waals surface area contributed by atoms with Crippen LogP contribution in [0.2, 0.25) is 0 Å². The standard InChI is InChI=1S/C13H10F3N3O/c14-6-3-9(15)12(16)11(4-6)19-10-5-7(17)1-2-8(10)13(18)20/h1-5,19H,17H2,(H2,18,20). The van der Waals surface area contributed by atoms with Gasteiger partial charge in [-0.2, -0.15) is 0 Å². The molecular weight excluding hydrogens is 271 g/mol. The Balaban J connectivity index is 2.50. The molecule has 0 aliphatic carbocycles. The number of amides is 1. The highest BCUT2D eigenvalue weighted by molar-refractivity contribution is 5.99. The first kappa shape index (κ1) is 13.7. The van der Waals surface area contributed by atoms with Crippen LogP contribution in [0, 0.1) is 17.5 Å². The molecule has 7 heteroatoms. The van der Waals surface area contributed by atoms with E-state index in [-0.39, 0.29) is 16.9 Å². The number of halogens is 3. The van der Waals surface area contributed by atoms with Crippen molar-refractivity contribution in [3.8, 4) is 0 Å². The van der Waals surface area contributed by atoms with Crippen molar-refractivity contribution in [3.05, 3.63) is 53.3 Å². The summed E-state index contributed by atoms with van der Waals surface area (Å²) in [6.45, 7) is 0. The first-order valence-electron chi connectivity index (χ1n) is 5.49. The Kier molecular flexibility index (Phi) is 3.51. The minimum Gasteiger partial charge on any atom is -0.399 e. The van der Waals surface area contributed by atoms with Crippen molar-refractivity contribution < 1.29 is 18.0 Å². The molecule has 0 heterocycles. The number of primary amides is 1. The van der Waals surface area contributed by atoms with Crippen LogP contribution in [0.5, 0.6) is 0 Å². The number of nitrogens with one attached hydrogen (secondary N) is 1. The van der Waals surface area contributed by atoms with Crippen molar-refractivity contribution in [2.24, 2.45) is 5.73 Å². The molecule has 2 aromatic carbocycles. The minimum atomic E-state index is -1.35. The van der Waals surface area contributed by atoms with Gasteiger partial charge in [0.15, 0.2) is 11.6 Å². The number of hydrogen-bond acceptors (Lipinski definition) is 3. The molecule has 1 amide bonds. The van der Waals surface area contributed by atoms with E-state index in [2.05, 4.69) is 5.32 Å². The van der Waals surface area contributed by atoms with Crippen LogP contribution in [0.1, 0.15) is 10.4 Å². The van der Waals surface area contributed by atoms with E-state index < -0.39 is 29.0 Å². The summed E-state index contributed by atoms with van der Waals surface area (Å²) in [6, 6.07) is 5.23. The van der Waals surface area contributed by atoms with Gasteiger partial charge in [0.25, 0.3) is 5.91 Å². The number of carbonyl (C=O) groups excluding carboxylic acids is 1. The molecule has 0 radical (unpaired) electrons. The lowest BCUT2D eigenvalue weighted by molar-refractivity contribution is 0.100. The number of anilines is 3. The summed E-state index contributed by atoms with van der Waals surface area (Å²) >= 11 is 0. The molecule has 0 aliphatic rings. The maximum Gasteiger partial charge on any atom is 0.250 e. The topological polar surface area (TPSA) is 81.1 Å². The van der Waals surface area contributed by atoms with Crippen LogP contribution in [0.4, 0.5) is 30.2 Å². The van der Waals surface area contributed by atoms with Crippen molar-refractivity contribution in [1.29, 1.82) is 0 Å². The summed E-state index contributed by atoms with van der Waals surface area (Å²) in [5.74, 6) is -4.37. The van der Waals surface area contributed by atoms with E-state index in [1.165, 1.54) is 18.2 Å². The number of nitrogen functional groups attached to an aromatic ring is 1. The van der Waals surface area contributed by atoms with Crippen molar-refractivity contribution in [2.45, 2.75) is 0 Å². The molecule has 0 aliphatic heterocycles. The normalized spacial score (nSPS) is 10.3. The summed E-state index contributed by atoms with van der Waals surface area (Å²) in [5.41, 5.74) is 10.6. The van der Waals surface area contributed by atoms with Gasteiger partial charge in [0.05, 0.1) is 16.9 Å². The average molecular weight is 281 g/mol. The predicted molar refractivity (Wildman–Crippen MR) is 69.0 cm³/mol. The maximum atomic E-state index is 13.5. The summed E-state index contributed by atoms with van der Waals surface area (Å²) in [4.78, 5) is 11.2. The van der Waals surface area contributed by atoms with E-state index >= 15 is 0 Å². The lowest BCUT2D eigenvalue weighted by Crippen LogP contribution is -2.14. The number of carbonyl (C=O) groups is 1. The van der Waals surface area contributed by atoms with E-state index in [0.29, 0.717) is 6.07 Å². The summed E-state index contributed by atoms with van der Waals surface area (Å²) in [7, 11) is 0. The van der Waals surface area contributed by atoms with Crippen molar-refractivity contribution in [3.63, 3.8) is 0 Å². The van der Waals surface area contributed by atoms with Crippen molar-refractivity contribution in [2.75, 3.05) is 11.1 Å². The maximum absolute atomic E-state index is 13.5. The highest BCUT2D eigenvalue weighted by Gasteiger charge is 2.14. The van der Waals surface area contributed by atoms with Gasteiger partial charge in [0.1, 0.15) is 5.82 Å². The van der Waals surface area contributed by atoms with Crippen molar-refractivity contribution >= 4 is 23.0 Å². The van der Waals surface area contributed by atoms with Gasteiger partial charge in [-0.25, -0.2) is 13.2 Å². The summed E-state index contributed by atoms with van der Waals surface area (Å²) in [6.07, 6.45) is 0. The zero-order valence-corrected chi connectivity index (χ0v) is 10.1. The molecule has 20 heavy (non-hydrogen) atoms. The molecule has 0 spiro atoms. The van der Waals surface area contributed by atoms with Crippen LogP contribution >= 0.6 is 0 Å². The minimum absolute atomic E-state index is 0.0169. The molecule has 0 bridgehead atoms. The quantitative estimate of drug-likeness (QED) is 0.597. The third-order valence-electron chi connectivity index (χ3n) is 2.57. The third kappa shape index (κ3) is 2.66. The highest BCUT2D eigenvalue weighted by Crippen LogP contribution is 2.27. The van der Waals surface area contributed by atoms with Crippen LogP contribution in [0.3, 0.4) is 0 Å². The van der Waals surface area contributed by atoms with Crippen LogP contribution in [-0.2, 0) is 0 Å². The van der Waals surface area contributed by atoms with Crippen molar-refractivity contribution in [1.82, 2.24) is 0 Å². The first-order chi connectivity index (χ1) is 9.38. The monoisotopic (exact) mass is 281 g/mol. The van der Waals surface area contributed by atoms with Gasteiger partial charge in [-0.05, 0) is 18.2 Å². The third-order valence-corrected chi connectivity index (χ3v) is 2.57. The zero-order valence-electron chi connectivity index (χ0n) is 10.1. The molecule has 0 fully saturated rings. The second kappa shape index (κ2) is 5.12. The first-order valence-corrected chi connectivity index (χ1v) is 5.49. The number of hydrogen-bond donors (Lipinski definition) is 3. The Morgan fingerprint density at radius 3 is 2.40 bits per heavy atom. The fraction of sp³-hybridized carbons (Fsp3) is 0. The van der Waals surface area contributed by atoms with Crippen LogP contribution in [0.25, 0.3) is 0 Å². The van der Waals surface area contributed by atoms with E-state index in [1.54, 1.807) is 0 Å². The summed E-state index contributed by atoms with van der Waals surface area (Å²) < 4.78 is 39.7. The molecule has 0 unspecified atom stereocenters. The van der Waals surface area contributed by atoms with E-state index in [9.17, 15) is 18.0 Å². The van der Waals surface area contributed by atoms with Crippen LogP contribution in [0.15, 0.2) is 30.3 Å². The Morgan fingerprint density at radius 1 is 1.05 bits per heavy atom. The number of nitrogens with two attached hydrogens (primary N) is 2. The second-order valence-corrected chi connectivity index (χ2v) is 4.04. The Hall–Kier alpha value is -2.70. The lowest BCUT2D eigenvalue weighted by atomic mass is 10.1. The largest absolute Gasteiger partial charge is 0.399 e. The van der Waals surface area contributed by atoms with Gasteiger partial charge >= 0.3 is 0 Å². The van der Waals surface area contributed by atoms with Gasteiger partial charge < -0.3 is 16.8 Å². The van der Waals surface area contributed by atoms with Gasteiger partial charge in [-0.3, -0.25) is 4.79 Å². The van der Waals surface area contributed by atoms with Gasteiger partial charge in [-0.15, -0.1) is 0 Å². The molecular formula is C13H10F3N3O. The molecule has 0 atom stereocenters. The molecule has 2 rings (SSSR count). The fourth-order valence-corrected chi connectivity index (χ4v) is 1.67. The Bertz CT molecular complexity index is 689. The molecule has 0 saturated carbocycles. The second-order valence-electron chi connectivity index (χ2n) is 4.04. The SMILES string of the molecule is NC(=O)c1ccc(N)cc1Nc1cc(F)cc(F)c1F. The Morgan fingerprint density at radius 2 is 1.75 bits per heavy atom. The zero-order chi connectivity index (χ0) is 14.9. The molecule has 104 valence electrons. The summed E-state index contributed by atoms with van der Waals surface area (Å²) in [5, 5.41) is 2.41. The molecule has 0 aromatic heterocycles. The van der Waals surface area contributed by atoms with E-state index in [0.717, 1.165) is 6.07 Å². The van der Waals surface area contributed by atoms with Gasteiger partial charge in [-0.1, -0.05) is 0 Å². The number of benzene rings is 2. The smallest absolute Gasteiger partial charge is 0.250 e. The predicted octanol–water partition coefficient (Wildman–Crippen LogP) is 2.53. The van der Waals surface area contributed by atoms with E-state index in [1.807, 2.05) is 0 Å². The van der Waals surface area contributed by atoms with Crippen LogP contribution in [-0.4, -0.2) is 5.91 Å². The molecule has 5 N–H and O–H groups in total. The number of rotatable bonds is 3. The fourth-order valence-electron chi connectivity index (χ4n) is 1.67. The average Bonchev–Trinajstić information content (AvgIpc) is 2.35.